The lowest BCUT2D eigenvalue weighted by Crippen LogP contribution is -2.38. The summed E-state index contributed by atoms with van der Waals surface area (Å²) in [5.41, 5.74) is 2.07. The molecular weight excluding hydrogens is 356 g/mol. The van der Waals surface area contributed by atoms with Crippen molar-refractivity contribution in [3.63, 3.8) is 0 Å². The Hall–Kier alpha value is -2.31. The first-order valence-corrected chi connectivity index (χ1v) is 10.5. The van der Waals surface area contributed by atoms with E-state index in [9.17, 15) is 14.9 Å². The van der Waals surface area contributed by atoms with Crippen molar-refractivity contribution in [1.29, 1.82) is 0 Å². The van der Waals surface area contributed by atoms with E-state index in [1.165, 1.54) is 18.9 Å². The summed E-state index contributed by atoms with van der Waals surface area (Å²) in [4.78, 5) is 26.5. The van der Waals surface area contributed by atoms with Gasteiger partial charge in [-0.3, -0.25) is 14.9 Å². The molecule has 1 spiro atoms. The van der Waals surface area contributed by atoms with Gasteiger partial charge in [0.25, 0.3) is 11.6 Å². The van der Waals surface area contributed by atoms with E-state index in [1.54, 1.807) is 13.1 Å². The topological polar surface area (TPSA) is 87.5 Å². The smallest absolute Gasteiger partial charge is 0.293 e. The molecule has 7 heteroatoms. The maximum absolute atomic E-state index is 13.1. The van der Waals surface area contributed by atoms with Gasteiger partial charge in [0.1, 0.15) is 5.69 Å². The first-order valence-electron chi connectivity index (χ1n) is 10.5. The maximum Gasteiger partial charge on any atom is 0.293 e. The van der Waals surface area contributed by atoms with Gasteiger partial charge in [-0.15, -0.1) is 0 Å². The Labute approximate surface area is 166 Å². The highest BCUT2D eigenvalue weighted by atomic mass is 16.6. The molecule has 0 radical (unpaired) electrons. The van der Waals surface area contributed by atoms with Crippen molar-refractivity contribution < 1.29 is 9.72 Å². The number of carbonyl (C=O) groups is 1. The molecule has 2 N–H and O–H groups in total. The van der Waals surface area contributed by atoms with Crippen LogP contribution >= 0.6 is 0 Å². The molecule has 7 nitrogen and oxygen atoms in total. The summed E-state index contributed by atoms with van der Waals surface area (Å²) in [6, 6.07) is 3.41. The summed E-state index contributed by atoms with van der Waals surface area (Å²) >= 11 is 0. The van der Waals surface area contributed by atoms with Crippen LogP contribution in [0.1, 0.15) is 62.2 Å². The molecular formula is C21H30N4O3. The normalized spacial score (nSPS) is 25.6. The van der Waals surface area contributed by atoms with Gasteiger partial charge < -0.3 is 15.5 Å². The van der Waals surface area contributed by atoms with E-state index in [2.05, 4.69) is 22.5 Å². The van der Waals surface area contributed by atoms with E-state index in [4.69, 9.17) is 0 Å². The molecule has 2 saturated carbocycles. The van der Waals surface area contributed by atoms with E-state index in [0.717, 1.165) is 50.9 Å². The number of amides is 1. The third kappa shape index (κ3) is 3.66. The average molecular weight is 386 g/mol. The summed E-state index contributed by atoms with van der Waals surface area (Å²) in [5.74, 6) is 0.524. The first kappa shape index (κ1) is 19.0. The van der Waals surface area contributed by atoms with E-state index in [-0.39, 0.29) is 17.6 Å². The zero-order chi connectivity index (χ0) is 19.9. The second kappa shape index (κ2) is 7.26. The van der Waals surface area contributed by atoms with Crippen LogP contribution < -0.4 is 15.5 Å². The molecule has 4 rings (SSSR count). The zero-order valence-corrected chi connectivity index (χ0v) is 16.8. The summed E-state index contributed by atoms with van der Waals surface area (Å²) in [7, 11) is 1.68. The van der Waals surface area contributed by atoms with Crippen LogP contribution in [0.4, 0.5) is 17.1 Å². The van der Waals surface area contributed by atoms with Crippen LogP contribution in [0.25, 0.3) is 0 Å². The van der Waals surface area contributed by atoms with E-state index >= 15 is 0 Å². The summed E-state index contributed by atoms with van der Waals surface area (Å²) in [6.45, 7) is 4.09. The lowest BCUT2D eigenvalue weighted by Gasteiger charge is -2.28. The van der Waals surface area contributed by atoms with Crippen LogP contribution in [-0.2, 0) is 0 Å². The van der Waals surface area contributed by atoms with Crippen molar-refractivity contribution in [2.45, 2.75) is 57.9 Å². The Bertz CT molecular complexity index is 782. The second-order valence-electron chi connectivity index (χ2n) is 9.00. The lowest BCUT2D eigenvalue weighted by atomic mass is 9.87. The minimum Gasteiger partial charge on any atom is -0.383 e. The Balaban J connectivity index is 1.63. The minimum absolute atomic E-state index is 0.0472. The van der Waals surface area contributed by atoms with Crippen LogP contribution in [0.15, 0.2) is 12.1 Å². The number of hydrogen-bond acceptors (Lipinski definition) is 5. The number of rotatable bonds is 5. The number of nitro groups is 1. The van der Waals surface area contributed by atoms with E-state index < -0.39 is 4.92 Å². The van der Waals surface area contributed by atoms with Gasteiger partial charge in [0, 0.05) is 32.2 Å². The van der Waals surface area contributed by atoms with Crippen LogP contribution in [0.3, 0.4) is 0 Å². The Morgan fingerprint density at radius 2 is 1.93 bits per heavy atom. The predicted molar refractivity (Wildman–Crippen MR) is 110 cm³/mol. The molecule has 1 aromatic carbocycles. The fourth-order valence-corrected chi connectivity index (χ4v) is 4.76. The maximum atomic E-state index is 13.1. The Morgan fingerprint density at radius 3 is 2.50 bits per heavy atom. The third-order valence-electron chi connectivity index (χ3n) is 6.91. The standard InChI is InChI=1S/C21H30N4O3/c1-14-3-5-15(6-4-14)23-20(26)16-11-19(25(27)28)17(22-2)12-18(16)24-10-9-21(13-24)7-8-21/h11-12,14-15,22H,3-10,13H2,1-2H3,(H,23,26)/t14-,15-. The van der Waals surface area contributed by atoms with Gasteiger partial charge in [-0.1, -0.05) is 6.92 Å². The van der Waals surface area contributed by atoms with Crippen LogP contribution in [0.5, 0.6) is 0 Å². The van der Waals surface area contributed by atoms with Gasteiger partial charge in [0.2, 0.25) is 0 Å². The van der Waals surface area contributed by atoms with Gasteiger partial charge in [-0.05, 0) is 62.3 Å². The van der Waals surface area contributed by atoms with Crippen molar-refractivity contribution in [3.8, 4) is 0 Å². The molecule has 0 aromatic heterocycles. The molecule has 1 heterocycles. The van der Waals surface area contributed by atoms with Crippen molar-refractivity contribution in [2.75, 3.05) is 30.4 Å². The van der Waals surface area contributed by atoms with Crippen LogP contribution in [0, 0.1) is 21.4 Å². The SMILES string of the molecule is CNc1cc(N2CCC3(CC3)C2)c(C(=O)N[C@H]2CC[C@H](C)CC2)cc1[N+](=O)[O-]. The average Bonchev–Trinajstić information content (AvgIpc) is 3.31. The first-order chi connectivity index (χ1) is 13.4. The monoisotopic (exact) mass is 386 g/mol. The third-order valence-corrected chi connectivity index (χ3v) is 6.91. The Kier molecular flexibility index (Phi) is 4.93. The molecule has 1 amide bonds. The number of hydrogen-bond donors (Lipinski definition) is 2. The zero-order valence-electron chi connectivity index (χ0n) is 16.8. The van der Waals surface area contributed by atoms with Crippen molar-refractivity contribution in [1.82, 2.24) is 5.32 Å². The summed E-state index contributed by atoms with van der Waals surface area (Å²) < 4.78 is 0. The molecule has 2 aliphatic carbocycles. The predicted octanol–water partition coefficient (Wildman–Crippen LogP) is 3.94. The minimum atomic E-state index is -0.416. The summed E-state index contributed by atoms with van der Waals surface area (Å²) in [6.07, 6.45) is 7.82. The fraction of sp³-hybridized carbons (Fsp3) is 0.667. The number of nitro benzene ring substituents is 1. The number of nitrogens with zero attached hydrogens (tertiary/aromatic N) is 2. The summed E-state index contributed by atoms with van der Waals surface area (Å²) in [5, 5.41) is 17.6. The van der Waals surface area contributed by atoms with Gasteiger partial charge in [0.15, 0.2) is 0 Å². The molecule has 0 atom stereocenters. The van der Waals surface area contributed by atoms with Crippen LogP contribution in [-0.4, -0.2) is 37.0 Å². The van der Waals surface area contributed by atoms with Gasteiger partial charge in [-0.2, -0.15) is 0 Å². The van der Waals surface area contributed by atoms with Crippen molar-refractivity contribution >= 4 is 23.0 Å². The van der Waals surface area contributed by atoms with Crippen LogP contribution in [0.2, 0.25) is 0 Å². The molecule has 1 aliphatic heterocycles. The molecule has 152 valence electrons. The van der Waals surface area contributed by atoms with Gasteiger partial charge >= 0.3 is 0 Å². The number of carbonyl (C=O) groups excluding carboxylic acids is 1. The quantitative estimate of drug-likeness (QED) is 0.591. The van der Waals surface area contributed by atoms with E-state index in [1.807, 2.05) is 0 Å². The molecule has 28 heavy (non-hydrogen) atoms. The van der Waals surface area contributed by atoms with Gasteiger partial charge in [0.05, 0.1) is 16.2 Å². The van der Waals surface area contributed by atoms with Gasteiger partial charge in [-0.25, -0.2) is 0 Å². The largest absolute Gasteiger partial charge is 0.383 e. The molecule has 0 unspecified atom stereocenters. The number of nitrogens with one attached hydrogen (secondary N) is 2. The number of anilines is 2. The highest BCUT2D eigenvalue weighted by molar-refractivity contribution is 6.02. The molecule has 0 bridgehead atoms. The molecule has 3 fully saturated rings. The highest BCUT2D eigenvalue weighted by Crippen LogP contribution is 2.54. The van der Waals surface area contributed by atoms with Crippen molar-refractivity contribution in [2.24, 2.45) is 11.3 Å². The number of benzene rings is 1. The highest BCUT2D eigenvalue weighted by Gasteiger charge is 2.48. The second-order valence-corrected chi connectivity index (χ2v) is 9.00. The fourth-order valence-electron chi connectivity index (χ4n) is 4.76. The van der Waals surface area contributed by atoms with Crippen molar-refractivity contribution in [3.05, 3.63) is 27.8 Å². The van der Waals surface area contributed by atoms with E-state index in [0.29, 0.717) is 22.6 Å². The molecule has 1 aromatic rings. The Morgan fingerprint density at radius 1 is 1.21 bits per heavy atom. The molecule has 1 saturated heterocycles. The lowest BCUT2D eigenvalue weighted by molar-refractivity contribution is -0.383. The molecule has 3 aliphatic rings.